The van der Waals surface area contributed by atoms with Crippen molar-refractivity contribution >= 4 is 29.1 Å². The second kappa shape index (κ2) is 7.31. The number of carbonyl (C=O) groups is 2. The predicted octanol–water partition coefficient (Wildman–Crippen LogP) is 4.11. The summed E-state index contributed by atoms with van der Waals surface area (Å²) in [4.78, 5) is 31.7. The minimum atomic E-state index is -0.879. The van der Waals surface area contributed by atoms with Crippen LogP contribution in [0.5, 0.6) is 0 Å². The van der Waals surface area contributed by atoms with E-state index in [1.165, 1.54) is 5.01 Å². The Balaban J connectivity index is 1.40. The Morgan fingerprint density at radius 2 is 1.84 bits per heavy atom. The molecule has 0 spiro atoms. The molecule has 2 aliphatic heterocycles. The second-order valence-corrected chi connectivity index (χ2v) is 8.01. The third-order valence-electron chi connectivity index (χ3n) is 5.43. The van der Waals surface area contributed by atoms with Crippen LogP contribution in [0.4, 0.5) is 5.69 Å². The van der Waals surface area contributed by atoms with Crippen molar-refractivity contribution in [2.24, 2.45) is 10.3 Å². The van der Waals surface area contributed by atoms with Crippen LogP contribution >= 0.6 is 11.6 Å². The van der Waals surface area contributed by atoms with Gasteiger partial charge in [0.1, 0.15) is 11.5 Å². The molecule has 2 unspecified atom stereocenters. The van der Waals surface area contributed by atoms with Crippen LogP contribution in [-0.4, -0.2) is 33.9 Å². The monoisotopic (exact) mass is 435 g/mol. The van der Waals surface area contributed by atoms with Crippen LogP contribution in [0.2, 0.25) is 5.02 Å². The largest absolute Gasteiger partial charge is 0.441 e. The molecule has 0 radical (unpaired) electrons. The van der Waals surface area contributed by atoms with Gasteiger partial charge in [0.15, 0.2) is 12.1 Å². The number of halogens is 1. The molecule has 1 aromatic heterocycles. The van der Waals surface area contributed by atoms with Crippen molar-refractivity contribution in [3.05, 3.63) is 70.6 Å². The van der Waals surface area contributed by atoms with Crippen LogP contribution in [0.1, 0.15) is 17.0 Å². The number of rotatable bonds is 4. The quantitative estimate of drug-likeness (QED) is 0.575. The smallest absolute Gasteiger partial charge is 0.263 e. The van der Waals surface area contributed by atoms with E-state index < -0.39 is 18.0 Å². The number of anilines is 1. The summed E-state index contributed by atoms with van der Waals surface area (Å²) in [5.41, 5.74) is 3.06. The van der Waals surface area contributed by atoms with E-state index >= 15 is 0 Å². The van der Waals surface area contributed by atoms with Gasteiger partial charge in [-0.2, -0.15) is 5.11 Å². The van der Waals surface area contributed by atoms with E-state index in [4.69, 9.17) is 16.0 Å². The van der Waals surface area contributed by atoms with E-state index in [1.807, 2.05) is 38.1 Å². The Morgan fingerprint density at radius 3 is 2.58 bits per heavy atom. The Hall–Kier alpha value is -3.52. The summed E-state index contributed by atoms with van der Waals surface area (Å²) >= 11 is 6.03. The minimum Gasteiger partial charge on any atom is -0.441 e. The van der Waals surface area contributed by atoms with Crippen molar-refractivity contribution in [3.63, 3.8) is 0 Å². The molecule has 3 heterocycles. The summed E-state index contributed by atoms with van der Waals surface area (Å²) < 4.78 is 5.83. The van der Waals surface area contributed by atoms with E-state index in [9.17, 15) is 9.59 Å². The first-order valence-electron chi connectivity index (χ1n) is 9.76. The number of benzene rings is 2. The molecule has 0 saturated carbocycles. The highest BCUT2D eigenvalue weighted by atomic mass is 35.5. The third kappa shape index (κ3) is 3.29. The molecule has 1 saturated heterocycles. The molecule has 9 heteroatoms. The van der Waals surface area contributed by atoms with Crippen LogP contribution in [0.25, 0.3) is 11.5 Å². The van der Waals surface area contributed by atoms with Gasteiger partial charge in [0, 0.05) is 10.6 Å². The van der Waals surface area contributed by atoms with Gasteiger partial charge >= 0.3 is 0 Å². The van der Waals surface area contributed by atoms with Gasteiger partial charge in [0.05, 0.1) is 12.2 Å². The van der Waals surface area contributed by atoms with Gasteiger partial charge in [0.25, 0.3) is 11.8 Å². The van der Waals surface area contributed by atoms with E-state index in [-0.39, 0.29) is 12.5 Å². The first-order chi connectivity index (χ1) is 14.9. The molecule has 31 heavy (non-hydrogen) atoms. The Kier molecular flexibility index (Phi) is 4.59. The molecule has 2 amide bonds. The molecule has 0 aliphatic carbocycles. The lowest BCUT2D eigenvalue weighted by Crippen LogP contribution is -2.39. The van der Waals surface area contributed by atoms with Crippen LogP contribution in [0, 0.1) is 13.8 Å². The number of aryl methyl sites for hydroxylation is 2. The number of fused-ring (bicyclic) bond motifs is 1. The maximum Gasteiger partial charge on any atom is 0.263 e. The second-order valence-electron chi connectivity index (χ2n) is 7.57. The number of amides is 2. The first-order valence-corrected chi connectivity index (χ1v) is 10.1. The van der Waals surface area contributed by atoms with Crippen molar-refractivity contribution in [3.8, 4) is 11.5 Å². The molecule has 2 aromatic carbocycles. The zero-order valence-corrected chi connectivity index (χ0v) is 17.6. The molecule has 0 bridgehead atoms. The molecule has 5 rings (SSSR count). The van der Waals surface area contributed by atoms with Gasteiger partial charge < -0.3 is 4.42 Å². The molecule has 8 nitrogen and oxygen atoms in total. The van der Waals surface area contributed by atoms with Crippen LogP contribution in [-0.2, 0) is 16.1 Å². The van der Waals surface area contributed by atoms with Crippen molar-refractivity contribution < 1.29 is 14.0 Å². The number of hydrogen-bond acceptors (Lipinski definition) is 7. The maximum absolute atomic E-state index is 13.1. The number of nitrogens with zero attached hydrogens (tertiary/aromatic N) is 5. The average Bonchev–Trinajstić information content (AvgIpc) is 3.39. The highest BCUT2D eigenvalue weighted by molar-refractivity contribution is 6.31. The summed E-state index contributed by atoms with van der Waals surface area (Å²) in [6, 6.07) is 12.8. The number of hydrogen-bond donors (Lipinski definition) is 0. The van der Waals surface area contributed by atoms with Gasteiger partial charge in [-0.15, -0.1) is 0 Å². The predicted molar refractivity (Wildman–Crippen MR) is 113 cm³/mol. The van der Waals surface area contributed by atoms with Crippen LogP contribution in [0.3, 0.4) is 0 Å². The molecular weight excluding hydrogens is 418 g/mol. The van der Waals surface area contributed by atoms with Gasteiger partial charge in [-0.1, -0.05) is 40.6 Å². The number of oxazole rings is 1. The molecule has 2 atom stereocenters. The van der Waals surface area contributed by atoms with Gasteiger partial charge in [-0.25, -0.2) is 9.88 Å². The van der Waals surface area contributed by atoms with Crippen LogP contribution < -0.4 is 4.90 Å². The topological polar surface area (TPSA) is 91.4 Å². The highest BCUT2D eigenvalue weighted by Gasteiger charge is 2.54. The van der Waals surface area contributed by atoms with E-state index in [1.54, 1.807) is 24.3 Å². The minimum absolute atomic E-state index is 0.203. The van der Waals surface area contributed by atoms with Crippen molar-refractivity contribution in [2.75, 3.05) is 4.90 Å². The highest BCUT2D eigenvalue weighted by Crippen LogP contribution is 2.34. The van der Waals surface area contributed by atoms with E-state index in [2.05, 4.69) is 15.3 Å². The molecule has 2 aliphatic rings. The SMILES string of the molecule is Cc1ccc(-c2nc(CN3N=NC4C(=O)N(c5cccc(Cl)c5)C(=O)C43)c(C)o2)cc1. The Morgan fingerprint density at radius 1 is 1.06 bits per heavy atom. The van der Waals surface area contributed by atoms with Gasteiger partial charge in [-0.05, 0) is 44.2 Å². The Bertz CT molecular complexity index is 1220. The van der Waals surface area contributed by atoms with Gasteiger partial charge in [-0.3, -0.25) is 14.6 Å². The average molecular weight is 436 g/mol. The zero-order chi connectivity index (χ0) is 21.7. The first kappa shape index (κ1) is 19.4. The normalized spacial score (nSPS) is 20.1. The lowest BCUT2D eigenvalue weighted by Gasteiger charge is -2.20. The summed E-state index contributed by atoms with van der Waals surface area (Å²) in [5, 5.41) is 10.1. The summed E-state index contributed by atoms with van der Waals surface area (Å²) in [6.45, 7) is 4.02. The molecule has 3 aromatic rings. The number of imide groups is 1. The van der Waals surface area contributed by atoms with E-state index in [0.29, 0.717) is 28.1 Å². The molecular formula is C22H18ClN5O3. The number of carbonyl (C=O) groups excluding carboxylic acids is 2. The third-order valence-corrected chi connectivity index (χ3v) is 5.66. The summed E-state index contributed by atoms with van der Waals surface area (Å²) in [7, 11) is 0. The van der Waals surface area contributed by atoms with Crippen molar-refractivity contribution in [2.45, 2.75) is 32.5 Å². The fourth-order valence-corrected chi connectivity index (χ4v) is 3.96. The zero-order valence-electron chi connectivity index (χ0n) is 16.8. The van der Waals surface area contributed by atoms with E-state index in [0.717, 1.165) is 16.0 Å². The standard InChI is InChI=1S/C22H18ClN5O3/c1-12-6-8-14(9-7-12)20-24-17(13(2)31-20)11-27-19-18(25-26-27)21(29)28(22(19)30)16-5-3-4-15(23)10-16/h3-10,18-19H,11H2,1-2H3. The molecule has 0 N–H and O–H groups in total. The van der Waals surface area contributed by atoms with Crippen molar-refractivity contribution in [1.82, 2.24) is 9.99 Å². The number of aromatic nitrogens is 1. The maximum atomic E-state index is 13.1. The summed E-state index contributed by atoms with van der Waals surface area (Å²) in [5.74, 6) is 0.315. The lowest BCUT2D eigenvalue weighted by atomic mass is 10.1. The fraction of sp³-hybridized carbons (Fsp3) is 0.227. The van der Waals surface area contributed by atoms with Crippen LogP contribution in [0.15, 0.2) is 63.3 Å². The molecule has 156 valence electrons. The summed E-state index contributed by atoms with van der Waals surface area (Å²) in [6.07, 6.45) is 0. The van der Waals surface area contributed by atoms with Gasteiger partial charge in [0.2, 0.25) is 5.89 Å². The van der Waals surface area contributed by atoms with Crippen molar-refractivity contribution in [1.29, 1.82) is 0 Å². The fourth-order valence-electron chi connectivity index (χ4n) is 3.77. The Labute approximate surface area is 183 Å². The molecule has 1 fully saturated rings. The lowest BCUT2D eigenvalue weighted by molar-refractivity contribution is -0.123.